The molecule has 134 valence electrons. The van der Waals surface area contributed by atoms with Crippen LogP contribution in [0, 0.1) is 0 Å². The highest BCUT2D eigenvalue weighted by Crippen LogP contribution is 2.29. The molecule has 2 aromatic rings. The second-order valence-corrected chi connectivity index (χ2v) is 6.54. The largest absolute Gasteiger partial charge is 0.394 e. The van der Waals surface area contributed by atoms with Gasteiger partial charge in [-0.25, -0.2) is 4.79 Å². The zero-order valence-electron chi connectivity index (χ0n) is 14.6. The Morgan fingerprint density at radius 1 is 1.40 bits per heavy atom. The van der Waals surface area contributed by atoms with Gasteiger partial charge in [0, 0.05) is 11.3 Å². The Morgan fingerprint density at radius 3 is 2.92 bits per heavy atom. The molecule has 0 radical (unpaired) electrons. The number of carbonyl (C=O) groups is 1. The third kappa shape index (κ3) is 4.20. The zero-order chi connectivity index (χ0) is 17.6. The summed E-state index contributed by atoms with van der Waals surface area (Å²) in [5, 5.41) is 19.6. The zero-order valence-corrected chi connectivity index (χ0v) is 14.6. The molecule has 0 saturated carbocycles. The Bertz CT molecular complexity index is 695. The van der Waals surface area contributed by atoms with Gasteiger partial charge < -0.3 is 15.7 Å². The van der Waals surface area contributed by atoms with Gasteiger partial charge in [-0.15, -0.1) is 0 Å². The molecule has 2 amide bonds. The van der Waals surface area contributed by atoms with E-state index in [4.69, 9.17) is 0 Å². The Labute approximate surface area is 148 Å². The molecule has 3 N–H and O–H groups in total. The molecular formula is C19H26N4O2. The Balaban J connectivity index is 1.69. The van der Waals surface area contributed by atoms with Crippen molar-refractivity contribution in [3.63, 3.8) is 0 Å². The van der Waals surface area contributed by atoms with Gasteiger partial charge in [-0.1, -0.05) is 37.3 Å². The van der Waals surface area contributed by atoms with Crippen molar-refractivity contribution in [1.29, 1.82) is 0 Å². The molecule has 1 aromatic heterocycles. The monoisotopic (exact) mass is 342 g/mol. The van der Waals surface area contributed by atoms with Gasteiger partial charge in [-0.2, -0.15) is 5.10 Å². The molecule has 0 spiro atoms. The van der Waals surface area contributed by atoms with Crippen LogP contribution in [0.2, 0.25) is 0 Å². The van der Waals surface area contributed by atoms with E-state index in [2.05, 4.69) is 27.9 Å². The molecule has 3 rings (SSSR count). The lowest BCUT2D eigenvalue weighted by Crippen LogP contribution is -2.45. The van der Waals surface area contributed by atoms with Crippen molar-refractivity contribution in [2.24, 2.45) is 0 Å². The lowest BCUT2D eigenvalue weighted by atomic mass is 9.93. The van der Waals surface area contributed by atoms with Crippen molar-refractivity contribution in [2.75, 3.05) is 6.61 Å². The number of nitrogens with zero attached hydrogens (tertiary/aromatic N) is 2. The number of fused-ring (bicyclic) bond motifs is 1. The highest BCUT2D eigenvalue weighted by molar-refractivity contribution is 5.74. The summed E-state index contributed by atoms with van der Waals surface area (Å²) in [5.41, 5.74) is 3.53. The van der Waals surface area contributed by atoms with E-state index >= 15 is 0 Å². The quantitative estimate of drug-likeness (QED) is 0.754. The Hall–Kier alpha value is -2.34. The first-order valence-electron chi connectivity index (χ1n) is 8.97. The maximum absolute atomic E-state index is 12.2. The van der Waals surface area contributed by atoms with Crippen molar-refractivity contribution in [1.82, 2.24) is 20.4 Å². The summed E-state index contributed by atoms with van der Waals surface area (Å²) in [6, 6.07) is 9.82. The summed E-state index contributed by atoms with van der Waals surface area (Å²) >= 11 is 0. The van der Waals surface area contributed by atoms with E-state index in [0.717, 1.165) is 31.4 Å². The van der Waals surface area contributed by atoms with E-state index in [1.54, 1.807) is 0 Å². The van der Waals surface area contributed by atoms with Crippen LogP contribution in [0.1, 0.15) is 49.0 Å². The molecule has 0 bridgehead atoms. The summed E-state index contributed by atoms with van der Waals surface area (Å²) in [4.78, 5) is 12.2. The molecule has 6 heteroatoms. The molecule has 1 aliphatic carbocycles. The lowest BCUT2D eigenvalue weighted by molar-refractivity contribution is 0.211. The Morgan fingerprint density at radius 2 is 2.20 bits per heavy atom. The standard InChI is InChI=1S/C19H26N4O2/c1-2-15(13-24)21-19(25)22-17-9-6-10-18-16(17)11-20-23(18)12-14-7-4-3-5-8-14/h3-5,7-8,11,15,17,24H,2,6,9-10,12-13H2,1H3,(H2,21,22,25). The molecule has 0 fully saturated rings. The summed E-state index contributed by atoms with van der Waals surface area (Å²) < 4.78 is 2.04. The smallest absolute Gasteiger partial charge is 0.315 e. The number of amides is 2. The molecule has 2 atom stereocenters. The highest BCUT2D eigenvalue weighted by Gasteiger charge is 2.26. The molecule has 1 heterocycles. The maximum atomic E-state index is 12.2. The van der Waals surface area contributed by atoms with E-state index in [0.29, 0.717) is 6.42 Å². The number of rotatable bonds is 6. The minimum atomic E-state index is -0.227. The number of hydrogen-bond acceptors (Lipinski definition) is 3. The number of aromatic nitrogens is 2. The summed E-state index contributed by atoms with van der Waals surface area (Å²) in [7, 11) is 0. The molecular weight excluding hydrogens is 316 g/mol. The third-order valence-electron chi connectivity index (χ3n) is 4.79. The van der Waals surface area contributed by atoms with Crippen molar-refractivity contribution >= 4 is 6.03 Å². The van der Waals surface area contributed by atoms with E-state index in [1.807, 2.05) is 36.0 Å². The van der Waals surface area contributed by atoms with Gasteiger partial charge in [0.2, 0.25) is 0 Å². The van der Waals surface area contributed by atoms with Gasteiger partial charge >= 0.3 is 6.03 Å². The van der Waals surface area contributed by atoms with Gasteiger partial charge in [-0.05, 0) is 31.2 Å². The first-order valence-corrected chi connectivity index (χ1v) is 8.97. The molecule has 1 aromatic carbocycles. The van der Waals surface area contributed by atoms with E-state index in [1.165, 1.54) is 11.3 Å². The Kier molecular flexibility index (Phi) is 5.71. The molecule has 2 unspecified atom stereocenters. The molecule has 0 saturated heterocycles. The summed E-state index contributed by atoms with van der Waals surface area (Å²) in [5.74, 6) is 0. The number of aliphatic hydroxyl groups is 1. The molecule has 1 aliphatic rings. The average Bonchev–Trinajstić information content (AvgIpc) is 3.04. The van der Waals surface area contributed by atoms with E-state index in [-0.39, 0.29) is 24.7 Å². The number of benzene rings is 1. The normalized spacial score (nSPS) is 17.6. The second kappa shape index (κ2) is 8.16. The van der Waals surface area contributed by atoms with Crippen LogP contribution >= 0.6 is 0 Å². The fourth-order valence-corrected chi connectivity index (χ4v) is 3.32. The SMILES string of the molecule is CCC(CO)NC(=O)NC1CCCc2c1cnn2Cc1ccccc1. The van der Waals surface area contributed by atoms with Crippen molar-refractivity contribution in [3.8, 4) is 0 Å². The summed E-state index contributed by atoms with van der Waals surface area (Å²) in [6.45, 7) is 2.64. The predicted molar refractivity (Wildman–Crippen MR) is 96.3 cm³/mol. The number of aliphatic hydroxyl groups excluding tert-OH is 1. The lowest BCUT2D eigenvalue weighted by Gasteiger charge is -2.25. The van der Waals surface area contributed by atoms with Crippen LogP contribution in [0.15, 0.2) is 36.5 Å². The second-order valence-electron chi connectivity index (χ2n) is 6.54. The van der Waals surface area contributed by atoms with Crippen LogP contribution in [-0.2, 0) is 13.0 Å². The first-order chi connectivity index (χ1) is 12.2. The minimum Gasteiger partial charge on any atom is -0.394 e. The summed E-state index contributed by atoms with van der Waals surface area (Å²) in [6.07, 6.45) is 5.50. The first kappa shape index (κ1) is 17.5. The fraction of sp³-hybridized carbons (Fsp3) is 0.474. The van der Waals surface area contributed by atoms with E-state index < -0.39 is 0 Å². The number of urea groups is 1. The number of carbonyl (C=O) groups excluding carboxylic acids is 1. The van der Waals surface area contributed by atoms with Gasteiger partial charge in [0.25, 0.3) is 0 Å². The van der Waals surface area contributed by atoms with Crippen LogP contribution in [0.4, 0.5) is 4.79 Å². The van der Waals surface area contributed by atoms with Gasteiger partial charge in [0.05, 0.1) is 31.4 Å². The number of nitrogens with one attached hydrogen (secondary N) is 2. The van der Waals surface area contributed by atoms with E-state index in [9.17, 15) is 9.90 Å². The molecule has 6 nitrogen and oxygen atoms in total. The van der Waals surface area contributed by atoms with Gasteiger partial charge in [0.1, 0.15) is 0 Å². The van der Waals surface area contributed by atoms with Gasteiger partial charge in [0.15, 0.2) is 0 Å². The van der Waals surface area contributed by atoms with Crippen molar-refractivity contribution in [2.45, 2.75) is 51.2 Å². The van der Waals surface area contributed by atoms with Crippen molar-refractivity contribution < 1.29 is 9.90 Å². The van der Waals surface area contributed by atoms with Crippen LogP contribution in [0.5, 0.6) is 0 Å². The third-order valence-corrected chi connectivity index (χ3v) is 4.79. The fourth-order valence-electron chi connectivity index (χ4n) is 3.32. The minimum absolute atomic E-state index is 0.0236. The topological polar surface area (TPSA) is 79.2 Å². The van der Waals surface area contributed by atoms with Crippen LogP contribution in [-0.4, -0.2) is 33.6 Å². The van der Waals surface area contributed by atoms with Crippen LogP contribution < -0.4 is 10.6 Å². The van der Waals surface area contributed by atoms with Crippen LogP contribution in [0.3, 0.4) is 0 Å². The van der Waals surface area contributed by atoms with Gasteiger partial charge in [-0.3, -0.25) is 4.68 Å². The molecule has 0 aliphatic heterocycles. The number of hydrogen-bond donors (Lipinski definition) is 3. The maximum Gasteiger partial charge on any atom is 0.315 e. The highest BCUT2D eigenvalue weighted by atomic mass is 16.3. The average molecular weight is 342 g/mol. The molecule has 25 heavy (non-hydrogen) atoms. The van der Waals surface area contributed by atoms with Crippen molar-refractivity contribution in [3.05, 3.63) is 53.3 Å². The van der Waals surface area contributed by atoms with Crippen LogP contribution in [0.25, 0.3) is 0 Å². The predicted octanol–water partition coefficient (Wildman–Crippen LogP) is 2.38.